The van der Waals surface area contributed by atoms with E-state index in [0.29, 0.717) is 22.8 Å². The molecule has 0 spiro atoms. The first kappa shape index (κ1) is 12.3. The molecule has 4 heteroatoms. The molecule has 82 valence electrons. The van der Waals surface area contributed by atoms with E-state index in [2.05, 4.69) is 22.6 Å². The van der Waals surface area contributed by atoms with Gasteiger partial charge in [-0.3, -0.25) is 4.79 Å². The van der Waals surface area contributed by atoms with Crippen molar-refractivity contribution in [3.05, 3.63) is 31.2 Å². The predicted octanol–water partition coefficient (Wildman–Crippen LogP) is 3.06. The van der Waals surface area contributed by atoms with Gasteiger partial charge in [0, 0.05) is 5.56 Å². The third-order valence-corrected chi connectivity index (χ3v) is 3.16. The molecular weight excluding hydrogens is 307 g/mol. The van der Waals surface area contributed by atoms with Crippen LogP contribution >= 0.6 is 22.6 Å². The molecule has 1 aromatic heterocycles. The molecule has 0 amide bonds. The predicted molar refractivity (Wildman–Crippen MR) is 68.7 cm³/mol. The highest BCUT2D eigenvalue weighted by molar-refractivity contribution is 14.1. The van der Waals surface area contributed by atoms with Crippen molar-refractivity contribution in [2.24, 2.45) is 0 Å². The summed E-state index contributed by atoms with van der Waals surface area (Å²) in [4.78, 5) is 11.8. The van der Waals surface area contributed by atoms with Gasteiger partial charge in [0.1, 0.15) is 5.76 Å². The van der Waals surface area contributed by atoms with Crippen molar-refractivity contribution in [1.82, 2.24) is 0 Å². The summed E-state index contributed by atoms with van der Waals surface area (Å²) in [5.74, 6) is 0.884. The quantitative estimate of drug-likeness (QED) is 0.786. The second-order valence-corrected chi connectivity index (χ2v) is 3.92. The fourth-order valence-corrected chi connectivity index (χ4v) is 1.63. The zero-order valence-electron chi connectivity index (χ0n) is 9.18. The van der Waals surface area contributed by atoms with Crippen molar-refractivity contribution in [2.75, 3.05) is 7.11 Å². The van der Waals surface area contributed by atoms with E-state index in [1.165, 1.54) is 7.11 Å². The van der Waals surface area contributed by atoms with Crippen LogP contribution in [0.5, 0.6) is 5.95 Å². The average Bonchev–Trinajstić information content (AvgIpc) is 2.25. The third-order valence-electron chi connectivity index (χ3n) is 2.23. The van der Waals surface area contributed by atoms with Crippen molar-refractivity contribution >= 4 is 28.2 Å². The molecule has 3 nitrogen and oxygen atoms in total. The van der Waals surface area contributed by atoms with Crippen molar-refractivity contribution in [2.45, 2.75) is 20.8 Å². The molecule has 0 N–H and O–H groups in total. The molecule has 0 aromatic carbocycles. The third kappa shape index (κ3) is 2.25. The maximum atomic E-state index is 11.8. The Bertz CT molecular complexity index is 458. The normalized spacial score (nSPS) is 11.7. The Balaban J connectivity index is 3.56. The summed E-state index contributed by atoms with van der Waals surface area (Å²) in [6, 6.07) is 0. The minimum absolute atomic E-state index is 0.0225. The van der Waals surface area contributed by atoms with Gasteiger partial charge in [0.25, 0.3) is 5.95 Å². The number of ether oxygens (including phenoxy) is 1. The van der Waals surface area contributed by atoms with E-state index in [0.717, 1.165) is 5.57 Å². The molecular formula is C11H13IO3. The van der Waals surface area contributed by atoms with Crippen LogP contribution in [0.1, 0.15) is 23.8 Å². The highest BCUT2D eigenvalue weighted by atomic mass is 127. The summed E-state index contributed by atoms with van der Waals surface area (Å²) in [5, 5.41) is 0. The fraction of sp³-hybridized carbons (Fsp3) is 0.364. The monoisotopic (exact) mass is 320 g/mol. The van der Waals surface area contributed by atoms with Crippen LogP contribution in [-0.2, 0) is 0 Å². The smallest absolute Gasteiger partial charge is 0.291 e. The Labute approximate surface area is 102 Å². The number of allylic oxidation sites excluding steroid dienone is 1. The SMILES string of the molecule is COc1oc(/C(C)=C\I)c(C)c(=O)c1C. The Morgan fingerprint density at radius 3 is 2.47 bits per heavy atom. The number of hydrogen-bond acceptors (Lipinski definition) is 3. The highest BCUT2D eigenvalue weighted by Crippen LogP contribution is 2.24. The van der Waals surface area contributed by atoms with Crippen LogP contribution in [0, 0.1) is 13.8 Å². The Morgan fingerprint density at radius 2 is 2.00 bits per heavy atom. The van der Waals surface area contributed by atoms with Crippen LogP contribution in [-0.4, -0.2) is 7.11 Å². The standard InChI is InChI=1S/C11H13IO3/c1-6(5-12)10-7(2)9(13)8(3)11(14-4)15-10/h5H,1-4H3/b6-5-. The van der Waals surface area contributed by atoms with Crippen molar-refractivity contribution < 1.29 is 9.15 Å². The second kappa shape index (κ2) is 4.83. The largest absolute Gasteiger partial charge is 0.468 e. The molecule has 0 unspecified atom stereocenters. The Morgan fingerprint density at radius 1 is 1.40 bits per heavy atom. The van der Waals surface area contributed by atoms with E-state index in [9.17, 15) is 4.79 Å². The van der Waals surface area contributed by atoms with E-state index in [1.807, 2.05) is 11.0 Å². The van der Waals surface area contributed by atoms with Crippen LogP contribution in [0.4, 0.5) is 0 Å². The molecule has 1 heterocycles. The molecule has 1 rings (SSSR count). The van der Waals surface area contributed by atoms with Gasteiger partial charge in [0.15, 0.2) is 5.43 Å². The summed E-state index contributed by atoms with van der Waals surface area (Å²) in [7, 11) is 1.49. The molecule has 0 saturated heterocycles. The maximum Gasteiger partial charge on any atom is 0.291 e. The molecule has 0 fully saturated rings. The van der Waals surface area contributed by atoms with Gasteiger partial charge in [0.05, 0.1) is 12.7 Å². The highest BCUT2D eigenvalue weighted by Gasteiger charge is 2.14. The van der Waals surface area contributed by atoms with Gasteiger partial charge in [-0.2, -0.15) is 0 Å². The lowest BCUT2D eigenvalue weighted by molar-refractivity contribution is 0.288. The molecule has 15 heavy (non-hydrogen) atoms. The van der Waals surface area contributed by atoms with E-state index >= 15 is 0 Å². The van der Waals surface area contributed by atoms with E-state index in [-0.39, 0.29) is 5.43 Å². The van der Waals surface area contributed by atoms with Gasteiger partial charge in [-0.05, 0) is 30.4 Å². The summed E-state index contributed by atoms with van der Waals surface area (Å²) >= 11 is 2.11. The van der Waals surface area contributed by atoms with Crippen molar-refractivity contribution in [3.8, 4) is 5.95 Å². The van der Waals surface area contributed by atoms with Gasteiger partial charge < -0.3 is 9.15 Å². The molecule has 0 atom stereocenters. The second-order valence-electron chi connectivity index (χ2n) is 3.29. The van der Waals surface area contributed by atoms with Gasteiger partial charge >= 0.3 is 0 Å². The molecule has 0 bridgehead atoms. The van der Waals surface area contributed by atoms with Gasteiger partial charge in [-0.25, -0.2) is 0 Å². The molecule has 0 saturated carbocycles. The Kier molecular flexibility index (Phi) is 3.96. The first-order chi connectivity index (χ1) is 7.02. The first-order valence-corrected chi connectivity index (χ1v) is 5.73. The topological polar surface area (TPSA) is 39.4 Å². The molecule has 1 aromatic rings. The summed E-state index contributed by atoms with van der Waals surface area (Å²) < 4.78 is 12.4. The molecule has 0 aliphatic heterocycles. The molecule has 0 radical (unpaired) electrons. The Hall–Kier alpha value is -0.780. The number of methoxy groups -OCH3 is 1. The minimum Gasteiger partial charge on any atom is -0.468 e. The van der Waals surface area contributed by atoms with Crippen LogP contribution in [0.2, 0.25) is 0 Å². The zero-order chi connectivity index (χ0) is 11.6. The molecule has 0 aliphatic carbocycles. The molecule has 0 aliphatic rings. The van der Waals surface area contributed by atoms with Crippen LogP contribution in [0.3, 0.4) is 0 Å². The zero-order valence-corrected chi connectivity index (χ0v) is 11.3. The van der Waals surface area contributed by atoms with E-state index in [1.54, 1.807) is 13.8 Å². The van der Waals surface area contributed by atoms with Crippen molar-refractivity contribution in [1.29, 1.82) is 0 Å². The van der Waals surface area contributed by atoms with Crippen LogP contribution < -0.4 is 10.2 Å². The lowest BCUT2D eigenvalue weighted by Crippen LogP contribution is -2.12. The number of halogens is 1. The van der Waals surface area contributed by atoms with Crippen LogP contribution in [0.25, 0.3) is 5.57 Å². The fourth-order valence-electron chi connectivity index (χ4n) is 1.34. The van der Waals surface area contributed by atoms with E-state index in [4.69, 9.17) is 9.15 Å². The van der Waals surface area contributed by atoms with Gasteiger partial charge in [0.2, 0.25) is 0 Å². The van der Waals surface area contributed by atoms with Crippen LogP contribution in [0.15, 0.2) is 13.3 Å². The lowest BCUT2D eigenvalue weighted by Gasteiger charge is -2.08. The number of hydrogen-bond donors (Lipinski definition) is 0. The van der Waals surface area contributed by atoms with Gasteiger partial charge in [-0.1, -0.05) is 22.6 Å². The summed E-state index contributed by atoms with van der Waals surface area (Å²) in [6.07, 6.45) is 0. The minimum atomic E-state index is -0.0225. The van der Waals surface area contributed by atoms with Gasteiger partial charge in [-0.15, -0.1) is 0 Å². The van der Waals surface area contributed by atoms with Crippen molar-refractivity contribution in [3.63, 3.8) is 0 Å². The maximum absolute atomic E-state index is 11.8. The number of rotatable bonds is 2. The first-order valence-electron chi connectivity index (χ1n) is 4.48. The lowest BCUT2D eigenvalue weighted by atomic mass is 10.1. The summed E-state index contributed by atoms with van der Waals surface area (Å²) in [6.45, 7) is 5.36. The average molecular weight is 320 g/mol. The van der Waals surface area contributed by atoms with E-state index < -0.39 is 0 Å². The summed E-state index contributed by atoms with van der Waals surface area (Å²) in [5.41, 5.74) is 2.04.